The molecule has 25 heteroatoms. The zero-order valence-electron chi connectivity index (χ0n) is 80.3. The number of nitrogens with one attached hydrogen (secondary N) is 1. The molecular formula is C113H123N19O5S. The Hall–Kier alpha value is -14.0. The zero-order valence-corrected chi connectivity index (χ0v) is 81.1. The normalized spacial score (nSPS) is 14.9. The highest BCUT2D eigenvalue weighted by molar-refractivity contribution is 7.92. The number of hydrogen-bond donors (Lipinski definition) is 2. The van der Waals surface area contributed by atoms with Gasteiger partial charge in [0.25, 0.3) is 10.0 Å². The molecule has 16 aromatic rings. The van der Waals surface area contributed by atoms with Gasteiger partial charge >= 0.3 is 0 Å². The van der Waals surface area contributed by atoms with Gasteiger partial charge in [0.15, 0.2) is 63.1 Å². The number of nitrogens with two attached hydrogens (primary N) is 1. The van der Waals surface area contributed by atoms with Crippen molar-refractivity contribution in [3.63, 3.8) is 0 Å². The molecule has 0 bridgehead atoms. The molecule has 0 radical (unpaired) electrons. The van der Waals surface area contributed by atoms with Crippen LogP contribution in [-0.4, -0.2) is 151 Å². The number of sulfonamides is 1. The summed E-state index contributed by atoms with van der Waals surface area (Å²) >= 11 is 0. The van der Waals surface area contributed by atoms with E-state index in [0.29, 0.717) is 59.6 Å². The lowest BCUT2D eigenvalue weighted by molar-refractivity contribution is 0.0342. The lowest BCUT2D eigenvalue weighted by atomic mass is 9.86. The molecule has 5 aliphatic carbocycles. The predicted molar refractivity (Wildman–Crippen MR) is 550 cm³/mol. The average Bonchev–Trinajstić information content (AvgIpc) is 1.65. The van der Waals surface area contributed by atoms with Crippen molar-refractivity contribution in [2.24, 2.45) is 29.6 Å². The highest BCUT2D eigenvalue weighted by Gasteiger charge is 2.31. The van der Waals surface area contributed by atoms with Crippen LogP contribution in [0.25, 0.3) is 84.5 Å². The van der Waals surface area contributed by atoms with Crippen molar-refractivity contribution in [1.82, 2.24) is 82.8 Å². The molecule has 3 N–H and O–H groups in total. The summed E-state index contributed by atoms with van der Waals surface area (Å²) in [5.74, 6) is 8.30. The van der Waals surface area contributed by atoms with Crippen LogP contribution < -0.4 is 15.2 Å². The number of allylic oxidation sites excluding steroid dienone is 5. The minimum Gasteiger partial charge on any atom is -0.495 e. The molecule has 24 nitrogen and oxygen atoms in total. The Bertz CT molecular complexity index is 7280. The number of ether oxygens (including phenoxy) is 2. The minimum absolute atomic E-state index is 0.161. The van der Waals surface area contributed by atoms with E-state index in [9.17, 15) is 13.2 Å². The number of carbonyl (C=O) groups excluding carboxylic acids is 1. The molecule has 10 aromatic heterocycles. The Morgan fingerprint density at radius 2 is 0.797 bits per heavy atom. The Morgan fingerprint density at radius 1 is 0.449 bits per heavy atom. The molecule has 0 spiro atoms. The Labute approximate surface area is 808 Å². The molecule has 11 heterocycles. The van der Waals surface area contributed by atoms with Crippen molar-refractivity contribution in [2.75, 3.05) is 64.5 Å². The van der Waals surface area contributed by atoms with Crippen LogP contribution >= 0.6 is 0 Å². The van der Waals surface area contributed by atoms with E-state index in [1.807, 2.05) is 165 Å². The third-order valence-corrected chi connectivity index (χ3v) is 27.7. The van der Waals surface area contributed by atoms with Crippen LogP contribution in [0.2, 0.25) is 0 Å². The van der Waals surface area contributed by atoms with Crippen LogP contribution in [0.4, 0.5) is 11.4 Å². The summed E-state index contributed by atoms with van der Waals surface area (Å²) in [5, 5.41) is 23.7. The summed E-state index contributed by atoms with van der Waals surface area (Å²) in [7, 11) is 2.03. The molecule has 0 atom stereocenters. The first-order chi connectivity index (χ1) is 66.7. The van der Waals surface area contributed by atoms with Crippen molar-refractivity contribution in [1.29, 1.82) is 0 Å². The summed E-state index contributed by atoms with van der Waals surface area (Å²) in [6.45, 7) is 35.2. The highest BCUT2D eigenvalue weighted by Crippen LogP contribution is 2.42. The van der Waals surface area contributed by atoms with Gasteiger partial charge in [-0.3, -0.25) is 14.4 Å². The van der Waals surface area contributed by atoms with E-state index in [0.717, 1.165) is 196 Å². The molecule has 6 fully saturated rings. The molecule has 6 aliphatic rings. The number of Topliss-reactive ketones (excluding diaryl/α,β-unsaturated/α-hetero) is 1. The molecule has 0 amide bonds. The fourth-order valence-electron chi connectivity index (χ4n) is 17.4. The molecular weight excluding hydrogens is 1740 g/mol. The van der Waals surface area contributed by atoms with Crippen LogP contribution in [0.15, 0.2) is 296 Å². The number of morpholine rings is 1. The van der Waals surface area contributed by atoms with Crippen molar-refractivity contribution in [2.45, 2.75) is 154 Å². The van der Waals surface area contributed by atoms with Gasteiger partial charge in [0.2, 0.25) is 0 Å². The van der Waals surface area contributed by atoms with Gasteiger partial charge in [-0.2, -0.15) is 25.5 Å². The lowest BCUT2D eigenvalue weighted by Gasteiger charge is -2.26. The van der Waals surface area contributed by atoms with Gasteiger partial charge in [0, 0.05) is 97.2 Å². The van der Waals surface area contributed by atoms with E-state index in [2.05, 4.69) is 161 Å². The Morgan fingerprint density at radius 3 is 1.16 bits per heavy atom. The van der Waals surface area contributed by atoms with Crippen molar-refractivity contribution >= 4 is 55.4 Å². The monoisotopic (exact) mass is 1860 g/mol. The van der Waals surface area contributed by atoms with Gasteiger partial charge in [-0.15, -0.1) is 0 Å². The molecule has 6 aromatic carbocycles. The number of carbonyl (C=O) groups is 1. The third-order valence-electron chi connectivity index (χ3n) is 26.3. The second-order valence-electron chi connectivity index (χ2n) is 38.9. The van der Waals surface area contributed by atoms with Gasteiger partial charge in [0.05, 0.1) is 59.4 Å². The topological polar surface area (TPSA) is 265 Å². The van der Waals surface area contributed by atoms with E-state index in [1.54, 1.807) is 43.5 Å². The number of benzene rings is 6. The predicted octanol–water partition coefficient (Wildman–Crippen LogP) is 21.9. The summed E-state index contributed by atoms with van der Waals surface area (Å²) in [5.41, 5.74) is 32.2. The largest absolute Gasteiger partial charge is 0.495 e. The summed E-state index contributed by atoms with van der Waals surface area (Å²) in [6.07, 6.45) is 17.7. The van der Waals surface area contributed by atoms with Crippen molar-refractivity contribution < 1.29 is 22.7 Å². The first-order valence-electron chi connectivity index (χ1n) is 48.3. The van der Waals surface area contributed by atoms with Crippen LogP contribution in [0.5, 0.6) is 5.75 Å². The maximum Gasteiger partial charge on any atom is 0.261 e. The van der Waals surface area contributed by atoms with Crippen LogP contribution in [0.1, 0.15) is 154 Å². The van der Waals surface area contributed by atoms with E-state index in [-0.39, 0.29) is 16.1 Å². The molecule has 0 unspecified atom stereocenters. The number of pyridine rings is 5. The summed E-state index contributed by atoms with van der Waals surface area (Å²) in [6, 6.07) is 75.4. The standard InChI is InChI=1S/C25H24N4O2S.C24H28N4O.C23H26N4O.C22H25N3.C19H20N4O/c1-17-6-14-22(15-7-17)32(30,31)28-21-12-10-20(11-13-21)23-4-3-5-25-26-24(27-29(23)25)16-18(2)19-8-9-19;1-17(18-12-13-18)15-23-25-24-11-5-9-21(28(24)26-23)19-7-4-8-20(16-19)22(29)10-6-14-27(2)3;1-17(19-9-10-19)15-22-24-23-4-2-3-21(27(23)25-22)20-7-5-18(6-8-20)16-26-11-13-28-14-12-26;1-15(16-8-9-16)14-20-23-21-7-5-6-19(25(21)24-20)17-10-12-18(13-11-17)22(2,3)4;1-12(13-6-7-13)10-18-21-19-5-3-4-16(23(19)22-18)14-8-9-15(20)17(11-14)24-2/h3-7,10-15,19,28H,2,8-9,16H2,1H3;4-5,7-9,11,16,18H,1,6,10,12-15H2,2-3H3;2-8,19H,1,9-16H2;5-7,10-13,16H,1,8-9,14H2,2-4H3;3-5,8-9,11,13H,1,6-7,10,20H2,2H3. The number of aryl methyl sites for hydroxylation is 1. The van der Waals surface area contributed by atoms with Crippen molar-refractivity contribution in [3.8, 4) is 62.0 Å². The Kier molecular flexibility index (Phi) is 28.4. The number of nitrogen functional groups attached to an aromatic ring is 1. The average molecular weight is 1860 g/mol. The molecule has 138 heavy (non-hydrogen) atoms. The minimum atomic E-state index is -3.64. The lowest BCUT2D eigenvalue weighted by Crippen LogP contribution is -2.35. The number of methoxy groups -OCH3 is 1. The number of aromatic nitrogens is 15. The molecule has 1 aliphatic heterocycles. The number of fused-ring (bicyclic) bond motifs is 5. The summed E-state index contributed by atoms with van der Waals surface area (Å²) < 4.78 is 48.2. The second kappa shape index (κ2) is 41.5. The first-order valence-corrected chi connectivity index (χ1v) is 49.8. The number of rotatable bonds is 31. The third kappa shape index (κ3) is 23.6. The van der Waals surface area contributed by atoms with Gasteiger partial charge in [-0.25, -0.2) is 55.9 Å². The van der Waals surface area contributed by atoms with Gasteiger partial charge < -0.3 is 20.1 Å². The fraction of sp³-hybridized carbons (Fsp3) is 0.319. The maximum absolute atomic E-state index is 12.6. The smallest absolute Gasteiger partial charge is 0.261 e. The summed E-state index contributed by atoms with van der Waals surface area (Å²) in [4.78, 5) is 40.8. The van der Waals surface area contributed by atoms with Gasteiger partial charge in [-0.05, 0) is 247 Å². The number of nitrogens with zero attached hydrogens (tertiary/aromatic N) is 17. The highest BCUT2D eigenvalue weighted by atomic mass is 32.2. The Balaban J connectivity index is 0.000000115. The van der Waals surface area contributed by atoms with Crippen LogP contribution in [-0.2, 0) is 58.8 Å². The van der Waals surface area contributed by atoms with E-state index in [4.69, 9.17) is 45.6 Å². The van der Waals surface area contributed by atoms with Crippen molar-refractivity contribution in [3.05, 3.63) is 343 Å². The van der Waals surface area contributed by atoms with Crippen LogP contribution in [0.3, 0.4) is 0 Å². The molecule has 22 rings (SSSR count). The number of anilines is 2. The fourth-order valence-corrected chi connectivity index (χ4v) is 18.5. The molecule has 1 saturated heterocycles. The molecule has 5 saturated carbocycles. The van der Waals surface area contributed by atoms with Gasteiger partial charge in [-0.1, -0.05) is 214 Å². The molecule has 706 valence electrons. The zero-order chi connectivity index (χ0) is 95.9. The van der Waals surface area contributed by atoms with E-state index >= 15 is 0 Å². The van der Waals surface area contributed by atoms with Crippen LogP contribution in [0, 0.1) is 36.5 Å². The quantitative estimate of drug-likeness (QED) is 0.0232. The van der Waals surface area contributed by atoms with Gasteiger partial charge in [0.1, 0.15) is 5.75 Å². The van der Waals surface area contributed by atoms with E-state index in [1.165, 1.54) is 103 Å². The maximum atomic E-state index is 12.6. The number of hydrogen-bond acceptors (Lipinski definition) is 18. The number of ketones is 1. The van der Waals surface area contributed by atoms with E-state index < -0.39 is 10.0 Å². The SMILES string of the molecule is C=C(Cc1nc2cccc(-c3ccc(C(C)(C)C)cc3)n2n1)C1CC1.C=C(Cc1nc2cccc(-c3ccc(CN4CCOCC4)cc3)n2n1)C1CC1.C=C(Cc1nc2cccc(-c3ccc(N)c(OC)c3)n2n1)C1CC1.C=C(Cc1nc2cccc(-c3ccc(NS(=O)(=O)c4ccc(C)cc4)cc3)n2n1)C1CC1.C=C(Cc1nc2cccc(-c3cccc(C(=O)CCCN(C)C)c3)n2n1)C1CC1. The first kappa shape index (κ1) is 94.4. The second-order valence-corrected chi connectivity index (χ2v) is 40.6.